The van der Waals surface area contributed by atoms with Gasteiger partial charge in [0.1, 0.15) is 0 Å². The molecule has 0 heterocycles. The van der Waals surface area contributed by atoms with Crippen molar-refractivity contribution in [3.05, 3.63) is 63.7 Å². The highest BCUT2D eigenvalue weighted by Gasteiger charge is 2.23. The van der Waals surface area contributed by atoms with Gasteiger partial charge in [-0.2, -0.15) is 0 Å². The van der Waals surface area contributed by atoms with Gasteiger partial charge in [0.05, 0.1) is 14.7 Å². The van der Waals surface area contributed by atoms with Crippen molar-refractivity contribution >= 4 is 25.7 Å². The fraction of sp³-hybridized carbons (Fsp3) is 0.200. The number of rotatable bonds is 6. The van der Waals surface area contributed by atoms with Gasteiger partial charge in [-0.1, -0.05) is 18.2 Å². The van der Waals surface area contributed by atoms with Crippen molar-refractivity contribution in [1.29, 1.82) is 0 Å². The summed E-state index contributed by atoms with van der Waals surface area (Å²) in [5.41, 5.74) is 0.372. The normalized spacial score (nSPS) is 13.3. The highest BCUT2D eigenvalue weighted by molar-refractivity contribution is 7.89. The molecule has 26 heavy (non-hydrogen) atoms. The highest BCUT2D eigenvalue weighted by Crippen LogP contribution is 2.24. The lowest BCUT2D eigenvalue weighted by molar-refractivity contribution is -0.385. The van der Waals surface area contributed by atoms with E-state index in [4.69, 9.17) is 5.14 Å². The van der Waals surface area contributed by atoms with Crippen molar-refractivity contribution in [3.63, 3.8) is 0 Å². The second kappa shape index (κ2) is 7.11. The Morgan fingerprint density at radius 3 is 2.35 bits per heavy atom. The quantitative estimate of drug-likeness (QED) is 0.556. The Morgan fingerprint density at radius 2 is 1.77 bits per heavy atom. The Labute approximate surface area is 151 Å². The molecule has 9 nitrogen and oxygen atoms in total. The number of benzene rings is 2. The second-order valence-corrected chi connectivity index (χ2v) is 8.91. The molecule has 2 rings (SSSR count). The smallest absolute Gasteiger partial charge is 0.258 e. The predicted molar refractivity (Wildman–Crippen MR) is 94.4 cm³/mol. The number of hydrogen-bond acceptors (Lipinski definition) is 6. The van der Waals surface area contributed by atoms with Crippen LogP contribution in [-0.2, 0) is 20.0 Å². The van der Waals surface area contributed by atoms with Crippen LogP contribution in [0.4, 0.5) is 5.69 Å². The first-order chi connectivity index (χ1) is 11.9. The van der Waals surface area contributed by atoms with E-state index in [9.17, 15) is 26.9 Å². The van der Waals surface area contributed by atoms with E-state index in [1.807, 2.05) is 0 Å². The maximum Gasteiger partial charge on any atom is 0.270 e. The van der Waals surface area contributed by atoms with Gasteiger partial charge in [0.25, 0.3) is 5.69 Å². The number of hydrogen-bond donors (Lipinski definition) is 2. The molecule has 0 bridgehead atoms. The molecular weight excluding hydrogens is 382 g/mol. The molecule has 0 spiro atoms. The largest absolute Gasteiger partial charge is 0.270 e. The van der Waals surface area contributed by atoms with E-state index in [1.165, 1.54) is 44.2 Å². The maximum atomic E-state index is 12.6. The number of nitrogens with two attached hydrogens (primary N) is 1. The Kier molecular flexibility index (Phi) is 5.47. The van der Waals surface area contributed by atoms with Gasteiger partial charge >= 0.3 is 0 Å². The molecule has 1 atom stereocenters. The number of primary sulfonamides is 1. The molecule has 0 radical (unpaired) electrons. The summed E-state index contributed by atoms with van der Waals surface area (Å²) >= 11 is 0. The molecule has 0 fully saturated rings. The van der Waals surface area contributed by atoms with Crippen molar-refractivity contribution in [3.8, 4) is 0 Å². The summed E-state index contributed by atoms with van der Waals surface area (Å²) < 4.78 is 50.5. The van der Waals surface area contributed by atoms with Crippen LogP contribution in [0, 0.1) is 17.0 Å². The summed E-state index contributed by atoms with van der Waals surface area (Å²) in [5.74, 6) is 0. The Bertz CT molecular complexity index is 1060. The second-order valence-electron chi connectivity index (χ2n) is 5.67. The zero-order valence-corrected chi connectivity index (χ0v) is 15.5. The maximum absolute atomic E-state index is 12.6. The summed E-state index contributed by atoms with van der Waals surface area (Å²) in [6.07, 6.45) is 0. The molecule has 0 aliphatic heterocycles. The van der Waals surface area contributed by atoms with Crippen molar-refractivity contribution in [2.75, 3.05) is 0 Å². The summed E-state index contributed by atoms with van der Waals surface area (Å²) in [6.45, 7) is 3.04. The highest BCUT2D eigenvalue weighted by atomic mass is 32.2. The number of nitrogens with one attached hydrogen (secondary N) is 1. The number of nitro groups is 1. The van der Waals surface area contributed by atoms with Crippen LogP contribution in [0.5, 0.6) is 0 Å². The van der Waals surface area contributed by atoms with Gasteiger partial charge < -0.3 is 0 Å². The third kappa shape index (κ3) is 4.43. The first-order valence-electron chi connectivity index (χ1n) is 7.32. The van der Waals surface area contributed by atoms with E-state index in [0.717, 1.165) is 6.07 Å². The fourth-order valence-electron chi connectivity index (χ4n) is 2.32. The minimum absolute atomic E-state index is 0.146. The van der Waals surface area contributed by atoms with Gasteiger partial charge in [-0.15, -0.1) is 0 Å². The average Bonchev–Trinajstić information content (AvgIpc) is 2.53. The monoisotopic (exact) mass is 399 g/mol. The van der Waals surface area contributed by atoms with Gasteiger partial charge in [-0.25, -0.2) is 26.7 Å². The molecule has 0 saturated heterocycles. The SMILES string of the molecule is Cc1ccc([N+](=O)[O-])cc1S(=O)(=O)NC(C)c1cccc(S(N)(=O)=O)c1. The summed E-state index contributed by atoms with van der Waals surface area (Å²) in [6, 6.07) is 8.30. The van der Waals surface area contributed by atoms with E-state index in [-0.39, 0.29) is 15.5 Å². The molecule has 0 aromatic heterocycles. The van der Waals surface area contributed by atoms with Gasteiger partial charge in [0.2, 0.25) is 20.0 Å². The first kappa shape index (κ1) is 20.0. The van der Waals surface area contributed by atoms with E-state index >= 15 is 0 Å². The summed E-state index contributed by atoms with van der Waals surface area (Å²) in [4.78, 5) is 9.84. The fourth-order valence-corrected chi connectivity index (χ4v) is 4.38. The van der Waals surface area contributed by atoms with Gasteiger partial charge in [-0.05, 0) is 37.1 Å². The van der Waals surface area contributed by atoms with Gasteiger partial charge in [0, 0.05) is 18.2 Å². The minimum Gasteiger partial charge on any atom is -0.258 e. The van der Waals surface area contributed by atoms with Crippen molar-refractivity contribution < 1.29 is 21.8 Å². The number of aryl methyl sites for hydroxylation is 1. The molecule has 3 N–H and O–H groups in total. The zero-order chi connectivity index (χ0) is 19.7. The summed E-state index contributed by atoms with van der Waals surface area (Å²) in [5, 5.41) is 16.0. The lowest BCUT2D eigenvalue weighted by Crippen LogP contribution is -2.27. The molecule has 0 amide bonds. The van der Waals surface area contributed by atoms with Crippen molar-refractivity contribution in [1.82, 2.24) is 4.72 Å². The van der Waals surface area contributed by atoms with Crippen LogP contribution < -0.4 is 9.86 Å². The standard InChI is InChI=1S/C15H17N3O6S2/c1-10-6-7-13(18(19)20)9-15(10)26(23,24)17-11(2)12-4-3-5-14(8-12)25(16,21)22/h3-9,11,17H,1-2H3,(H2,16,21,22). The van der Waals surface area contributed by atoms with Crippen LogP contribution in [0.2, 0.25) is 0 Å². The predicted octanol–water partition coefficient (Wildman–Crippen LogP) is 1.59. The molecule has 2 aromatic rings. The van der Waals surface area contributed by atoms with Crippen LogP contribution in [0.3, 0.4) is 0 Å². The van der Waals surface area contributed by atoms with Crippen LogP contribution in [0.25, 0.3) is 0 Å². The number of nitrogens with zero attached hydrogens (tertiary/aromatic N) is 1. The van der Waals surface area contributed by atoms with Crippen LogP contribution in [0.1, 0.15) is 24.1 Å². The van der Waals surface area contributed by atoms with Crippen molar-refractivity contribution in [2.24, 2.45) is 5.14 Å². The molecule has 1 unspecified atom stereocenters. The van der Waals surface area contributed by atoms with Gasteiger partial charge in [-0.3, -0.25) is 10.1 Å². The third-order valence-electron chi connectivity index (χ3n) is 3.69. The van der Waals surface area contributed by atoms with Crippen LogP contribution in [-0.4, -0.2) is 21.8 Å². The topological polar surface area (TPSA) is 149 Å². The molecule has 11 heteroatoms. The molecule has 0 aliphatic carbocycles. The molecule has 2 aromatic carbocycles. The Hall–Kier alpha value is -2.34. The molecule has 0 aliphatic rings. The van der Waals surface area contributed by atoms with Gasteiger partial charge in [0.15, 0.2) is 0 Å². The first-order valence-corrected chi connectivity index (χ1v) is 10.3. The van der Waals surface area contributed by atoms with E-state index in [2.05, 4.69) is 4.72 Å². The summed E-state index contributed by atoms with van der Waals surface area (Å²) in [7, 11) is -8.01. The van der Waals surface area contributed by atoms with E-state index < -0.39 is 31.0 Å². The Morgan fingerprint density at radius 1 is 1.12 bits per heavy atom. The minimum atomic E-state index is -4.08. The average molecular weight is 399 g/mol. The van der Waals surface area contributed by atoms with Crippen LogP contribution >= 0.6 is 0 Å². The molecular formula is C15H17N3O6S2. The van der Waals surface area contributed by atoms with Crippen LogP contribution in [0.15, 0.2) is 52.3 Å². The lowest BCUT2D eigenvalue weighted by Gasteiger charge is -2.16. The molecule has 0 saturated carbocycles. The number of sulfonamides is 2. The lowest BCUT2D eigenvalue weighted by atomic mass is 10.1. The third-order valence-corrected chi connectivity index (χ3v) is 6.28. The van der Waals surface area contributed by atoms with E-state index in [0.29, 0.717) is 11.1 Å². The van der Waals surface area contributed by atoms with Crippen molar-refractivity contribution in [2.45, 2.75) is 29.7 Å². The zero-order valence-electron chi connectivity index (χ0n) is 13.9. The number of non-ortho nitro benzene ring substituents is 1. The van der Waals surface area contributed by atoms with E-state index in [1.54, 1.807) is 6.07 Å². The molecule has 140 valence electrons. The Balaban J connectivity index is 2.38. The number of nitro benzene ring substituents is 1.